The second-order valence-electron chi connectivity index (χ2n) is 6.71. The van der Waals surface area contributed by atoms with Crippen LogP contribution in [-0.4, -0.2) is 35.7 Å². The summed E-state index contributed by atoms with van der Waals surface area (Å²) in [7, 11) is 0. The fraction of sp³-hybridized carbons (Fsp3) is 0.526. The zero-order valence-corrected chi connectivity index (χ0v) is 15.7. The minimum atomic E-state index is -0.00903. The lowest BCUT2D eigenvalue weighted by Gasteiger charge is -2.23. The number of nitrogens with one attached hydrogen (secondary N) is 2. The molecular formula is C19H29N5O. The van der Waals surface area contributed by atoms with Gasteiger partial charge in [0.05, 0.1) is 6.54 Å². The van der Waals surface area contributed by atoms with Crippen molar-refractivity contribution >= 4 is 5.96 Å². The molecule has 1 aromatic heterocycles. The van der Waals surface area contributed by atoms with Crippen molar-refractivity contribution in [1.29, 1.82) is 0 Å². The summed E-state index contributed by atoms with van der Waals surface area (Å²) in [5.74, 6) is 2.21. The predicted molar refractivity (Wildman–Crippen MR) is 101 cm³/mol. The van der Waals surface area contributed by atoms with Crippen LogP contribution in [0.15, 0.2) is 39.8 Å². The third-order valence-corrected chi connectivity index (χ3v) is 3.96. The zero-order valence-electron chi connectivity index (χ0n) is 15.7. The Morgan fingerprint density at radius 2 is 1.96 bits per heavy atom. The third kappa shape index (κ3) is 6.21. The van der Waals surface area contributed by atoms with Crippen molar-refractivity contribution in [2.24, 2.45) is 4.99 Å². The molecule has 0 radical (unpaired) electrons. The van der Waals surface area contributed by atoms with E-state index in [-0.39, 0.29) is 5.41 Å². The van der Waals surface area contributed by atoms with E-state index in [2.05, 4.69) is 65.8 Å². The van der Waals surface area contributed by atoms with Crippen LogP contribution in [0.2, 0.25) is 0 Å². The highest BCUT2D eigenvalue weighted by Crippen LogP contribution is 2.22. The molecule has 1 aromatic carbocycles. The number of aromatic nitrogens is 2. The molecule has 0 spiro atoms. The highest BCUT2D eigenvalue weighted by atomic mass is 16.5. The van der Waals surface area contributed by atoms with Crippen LogP contribution in [0.25, 0.3) is 0 Å². The number of guanidine groups is 1. The Kier molecular flexibility index (Phi) is 6.98. The molecule has 6 heteroatoms. The second kappa shape index (κ2) is 9.20. The monoisotopic (exact) mass is 343 g/mol. The zero-order chi connectivity index (χ0) is 18.1. The maximum atomic E-state index is 5.13. The number of hydrogen-bond acceptors (Lipinski definition) is 4. The van der Waals surface area contributed by atoms with Crippen LogP contribution in [0.5, 0.6) is 0 Å². The summed E-state index contributed by atoms with van der Waals surface area (Å²) in [5.41, 5.74) is 1.28. The smallest absolute Gasteiger partial charge is 0.226 e. The van der Waals surface area contributed by atoms with E-state index in [1.807, 2.05) is 13.0 Å². The molecule has 6 nitrogen and oxygen atoms in total. The van der Waals surface area contributed by atoms with Gasteiger partial charge in [-0.05, 0) is 25.8 Å². The summed E-state index contributed by atoms with van der Waals surface area (Å²) in [4.78, 5) is 8.97. The summed E-state index contributed by atoms with van der Waals surface area (Å²) < 4.78 is 5.13. The van der Waals surface area contributed by atoms with Gasteiger partial charge in [-0.25, -0.2) is 0 Å². The normalized spacial score (nSPS) is 12.2. The van der Waals surface area contributed by atoms with Gasteiger partial charge in [0.25, 0.3) is 0 Å². The van der Waals surface area contributed by atoms with E-state index in [0.29, 0.717) is 11.7 Å². The van der Waals surface area contributed by atoms with Gasteiger partial charge in [0.15, 0.2) is 11.8 Å². The number of benzene rings is 1. The van der Waals surface area contributed by atoms with Gasteiger partial charge in [-0.2, -0.15) is 4.98 Å². The summed E-state index contributed by atoms with van der Waals surface area (Å²) in [6, 6.07) is 10.5. The van der Waals surface area contributed by atoms with Gasteiger partial charge < -0.3 is 15.2 Å². The Morgan fingerprint density at radius 1 is 1.20 bits per heavy atom. The van der Waals surface area contributed by atoms with Crippen LogP contribution in [0.1, 0.15) is 44.5 Å². The van der Waals surface area contributed by atoms with Crippen LogP contribution in [0, 0.1) is 6.92 Å². The Morgan fingerprint density at radius 3 is 2.60 bits per heavy atom. The molecule has 0 saturated carbocycles. The molecule has 1 heterocycles. The van der Waals surface area contributed by atoms with Crippen molar-refractivity contribution < 1.29 is 4.52 Å². The molecule has 2 rings (SSSR count). The average Bonchev–Trinajstić information content (AvgIpc) is 3.02. The molecule has 0 bridgehead atoms. The third-order valence-electron chi connectivity index (χ3n) is 3.96. The lowest BCUT2D eigenvalue weighted by Crippen LogP contribution is -2.39. The lowest BCUT2D eigenvalue weighted by molar-refractivity contribution is 0.372. The van der Waals surface area contributed by atoms with E-state index < -0.39 is 0 Å². The molecule has 0 unspecified atom stereocenters. The van der Waals surface area contributed by atoms with Crippen LogP contribution in [0.4, 0.5) is 0 Å². The van der Waals surface area contributed by atoms with Gasteiger partial charge in [-0.1, -0.05) is 49.3 Å². The molecule has 25 heavy (non-hydrogen) atoms. The van der Waals surface area contributed by atoms with Crippen LogP contribution >= 0.6 is 0 Å². The predicted octanol–water partition coefficient (Wildman–Crippen LogP) is 2.84. The Labute approximate surface area is 150 Å². The minimum absolute atomic E-state index is 0.00903. The first-order chi connectivity index (χ1) is 12.0. The number of rotatable bonds is 8. The Bertz CT molecular complexity index is 663. The van der Waals surface area contributed by atoms with Gasteiger partial charge in [0, 0.05) is 24.9 Å². The van der Waals surface area contributed by atoms with Crippen molar-refractivity contribution in [3.63, 3.8) is 0 Å². The second-order valence-corrected chi connectivity index (χ2v) is 6.71. The average molecular weight is 343 g/mol. The Hall–Kier alpha value is -2.37. The Balaban J connectivity index is 1.85. The molecule has 0 fully saturated rings. The molecule has 2 N–H and O–H groups in total. The SMILES string of the molecule is CCNC(=NCC(C)(C)c1ccccc1)NCCCc1nc(C)no1. The number of aryl methyl sites for hydroxylation is 2. The molecule has 0 amide bonds. The van der Waals surface area contributed by atoms with Crippen molar-refractivity contribution in [2.75, 3.05) is 19.6 Å². The molecule has 0 atom stereocenters. The van der Waals surface area contributed by atoms with Crippen LogP contribution in [-0.2, 0) is 11.8 Å². The van der Waals surface area contributed by atoms with E-state index in [1.165, 1.54) is 5.56 Å². The molecule has 0 aliphatic heterocycles. The minimum Gasteiger partial charge on any atom is -0.357 e. The van der Waals surface area contributed by atoms with Gasteiger partial charge in [-0.3, -0.25) is 4.99 Å². The highest BCUT2D eigenvalue weighted by molar-refractivity contribution is 5.79. The first-order valence-corrected chi connectivity index (χ1v) is 8.88. The van der Waals surface area contributed by atoms with Crippen molar-refractivity contribution in [1.82, 2.24) is 20.8 Å². The van der Waals surface area contributed by atoms with E-state index in [0.717, 1.165) is 38.4 Å². The molecule has 2 aromatic rings. The highest BCUT2D eigenvalue weighted by Gasteiger charge is 2.20. The number of aliphatic imine (C=N–C) groups is 1. The molecule has 136 valence electrons. The first kappa shape index (κ1) is 19.0. The van der Waals surface area contributed by atoms with Crippen molar-refractivity contribution in [2.45, 2.75) is 46.0 Å². The van der Waals surface area contributed by atoms with E-state index in [9.17, 15) is 0 Å². The summed E-state index contributed by atoms with van der Waals surface area (Å²) in [6.45, 7) is 10.7. The summed E-state index contributed by atoms with van der Waals surface area (Å²) >= 11 is 0. The van der Waals surface area contributed by atoms with Crippen LogP contribution < -0.4 is 10.6 Å². The quantitative estimate of drug-likeness (QED) is 0.438. The van der Waals surface area contributed by atoms with E-state index >= 15 is 0 Å². The van der Waals surface area contributed by atoms with Crippen LogP contribution in [0.3, 0.4) is 0 Å². The van der Waals surface area contributed by atoms with Crippen molar-refractivity contribution in [3.05, 3.63) is 47.6 Å². The summed E-state index contributed by atoms with van der Waals surface area (Å²) in [6.07, 6.45) is 1.68. The molecule has 0 aliphatic carbocycles. The van der Waals surface area contributed by atoms with E-state index in [4.69, 9.17) is 9.52 Å². The van der Waals surface area contributed by atoms with Gasteiger partial charge >= 0.3 is 0 Å². The fourth-order valence-corrected chi connectivity index (χ4v) is 2.49. The van der Waals surface area contributed by atoms with Gasteiger partial charge in [-0.15, -0.1) is 0 Å². The standard InChI is InChI=1S/C19H29N5O/c1-5-20-18(21-13-9-12-17-23-15(2)24-25-17)22-14-19(3,4)16-10-7-6-8-11-16/h6-8,10-11H,5,9,12-14H2,1-4H3,(H2,20,21,22). The molecule has 0 aliphatic rings. The maximum Gasteiger partial charge on any atom is 0.226 e. The largest absolute Gasteiger partial charge is 0.357 e. The topological polar surface area (TPSA) is 75.3 Å². The lowest BCUT2D eigenvalue weighted by atomic mass is 9.85. The van der Waals surface area contributed by atoms with Crippen molar-refractivity contribution in [3.8, 4) is 0 Å². The van der Waals surface area contributed by atoms with E-state index in [1.54, 1.807) is 0 Å². The van der Waals surface area contributed by atoms with Gasteiger partial charge in [0.1, 0.15) is 0 Å². The number of hydrogen-bond donors (Lipinski definition) is 2. The first-order valence-electron chi connectivity index (χ1n) is 8.88. The maximum absolute atomic E-state index is 5.13. The number of nitrogens with zero attached hydrogens (tertiary/aromatic N) is 3. The molecular weight excluding hydrogens is 314 g/mol. The van der Waals surface area contributed by atoms with Gasteiger partial charge in [0.2, 0.25) is 5.89 Å². The molecule has 0 saturated heterocycles. The summed E-state index contributed by atoms with van der Waals surface area (Å²) in [5, 5.41) is 10.5. The fourth-order valence-electron chi connectivity index (χ4n) is 2.49.